The normalized spacial score (nSPS) is 13.1. The van der Waals surface area contributed by atoms with Crippen molar-refractivity contribution >= 4 is 29.1 Å². The van der Waals surface area contributed by atoms with Crippen LogP contribution in [0, 0.1) is 19.7 Å². The van der Waals surface area contributed by atoms with Gasteiger partial charge in [0, 0.05) is 25.1 Å². The van der Waals surface area contributed by atoms with Crippen LogP contribution in [-0.4, -0.2) is 41.2 Å². The van der Waals surface area contributed by atoms with Gasteiger partial charge in [-0.25, -0.2) is 14.2 Å². The molecule has 9 heteroatoms. The van der Waals surface area contributed by atoms with Gasteiger partial charge in [0.25, 0.3) is 0 Å². The molecule has 38 heavy (non-hydrogen) atoms. The van der Waals surface area contributed by atoms with E-state index >= 15 is 0 Å². The van der Waals surface area contributed by atoms with Crippen LogP contribution in [0.25, 0.3) is 0 Å². The third kappa shape index (κ3) is 6.92. The summed E-state index contributed by atoms with van der Waals surface area (Å²) in [6.07, 6.45) is 0.871. The maximum atomic E-state index is 13.8. The first-order valence-corrected chi connectivity index (χ1v) is 12.5. The van der Waals surface area contributed by atoms with E-state index in [9.17, 15) is 14.0 Å². The van der Waals surface area contributed by atoms with Gasteiger partial charge in [0.15, 0.2) is 5.75 Å². The fraction of sp³-hybridized carbons (Fsp3) is 0.310. The second-order valence-electron chi connectivity index (χ2n) is 9.01. The third-order valence-corrected chi connectivity index (χ3v) is 6.34. The first-order valence-electron chi connectivity index (χ1n) is 12.1. The highest BCUT2D eigenvalue weighted by Gasteiger charge is 2.29. The summed E-state index contributed by atoms with van der Waals surface area (Å²) in [5, 5.41) is 2.91. The molecule has 1 aromatic heterocycles. The lowest BCUT2D eigenvalue weighted by Crippen LogP contribution is -2.41. The number of pyridine rings is 1. The van der Waals surface area contributed by atoms with E-state index in [1.165, 1.54) is 38.4 Å². The van der Waals surface area contributed by atoms with Gasteiger partial charge in [0.1, 0.15) is 28.6 Å². The number of esters is 2. The molecule has 1 heterocycles. The Kier molecular flexibility index (Phi) is 9.52. The standard InChI is InChI=1S/C29H31FN2O5S/c1-16-7-9-21(10-8-16)25(23-12-11-22(30)15-17(23)2)19(4)36-29(34)18(3)32-28(38)26-27(37-20(5)33)24(35-6)13-14-31-26/h7-15,18-19,25H,1-6H3,(H,32,38)/t18-,19-,25-/m0/s1. The van der Waals surface area contributed by atoms with Crippen molar-refractivity contribution in [2.45, 2.75) is 52.7 Å². The van der Waals surface area contributed by atoms with Gasteiger partial charge in [-0.05, 0) is 56.5 Å². The Morgan fingerprint density at radius 1 is 1.05 bits per heavy atom. The Morgan fingerprint density at radius 2 is 1.74 bits per heavy atom. The van der Waals surface area contributed by atoms with Crippen LogP contribution in [0.5, 0.6) is 11.5 Å². The SMILES string of the molecule is COc1ccnc(C(=S)N[C@@H](C)C(=O)O[C@@H](C)[C@@H](c2ccc(C)cc2)c2ccc(F)cc2C)c1OC(C)=O. The van der Waals surface area contributed by atoms with Crippen molar-refractivity contribution in [1.82, 2.24) is 10.3 Å². The zero-order valence-electron chi connectivity index (χ0n) is 22.2. The summed E-state index contributed by atoms with van der Waals surface area (Å²) in [4.78, 5) is 29.0. The number of carbonyl (C=O) groups excluding carboxylic acids is 2. The highest BCUT2D eigenvalue weighted by atomic mass is 32.1. The van der Waals surface area contributed by atoms with Crippen molar-refractivity contribution < 1.29 is 28.2 Å². The predicted molar refractivity (Wildman–Crippen MR) is 146 cm³/mol. The maximum absolute atomic E-state index is 13.8. The number of rotatable bonds is 9. The van der Waals surface area contributed by atoms with Gasteiger partial charge < -0.3 is 19.5 Å². The third-order valence-electron chi connectivity index (χ3n) is 6.03. The Morgan fingerprint density at radius 3 is 2.34 bits per heavy atom. The first kappa shape index (κ1) is 28.7. The van der Waals surface area contributed by atoms with Gasteiger partial charge in [0.2, 0.25) is 5.75 Å². The van der Waals surface area contributed by atoms with Crippen molar-refractivity contribution in [3.8, 4) is 11.5 Å². The van der Waals surface area contributed by atoms with Gasteiger partial charge in [-0.2, -0.15) is 0 Å². The zero-order chi connectivity index (χ0) is 28.0. The average Bonchev–Trinajstić information content (AvgIpc) is 2.86. The van der Waals surface area contributed by atoms with Gasteiger partial charge in [-0.15, -0.1) is 0 Å². The molecule has 0 amide bonds. The number of carbonyl (C=O) groups is 2. The molecule has 1 N–H and O–H groups in total. The summed E-state index contributed by atoms with van der Waals surface area (Å²) in [6.45, 7) is 8.49. The molecule has 3 atom stereocenters. The number of aromatic nitrogens is 1. The highest BCUT2D eigenvalue weighted by molar-refractivity contribution is 7.80. The number of nitrogens with zero attached hydrogens (tertiary/aromatic N) is 1. The summed E-state index contributed by atoms with van der Waals surface area (Å²) in [6, 6.07) is 13.2. The molecular formula is C29H31FN2O5S. The molecule has 0 fully saturated rings. The molecule has 0 aliphatic rings. The summed E-state index contributed by atoms with van der Waals surface area (Å²) in [5.74, 6) is -1.44. The van der Waals surface area contributed by atoms with Crippen LogP contribution in [0.4, 0.5) is 4.39 Å². The molecular weight excluding hydrogens is 507 g/mol. The highest BCUT2D eigenvalue weighted by Crippen LogP contribution is 2.33. The Labute approximate surface area is 227 Å². The van der Waals surface area contributed by atoms with Crippen LogP contribution < -0.4 is 14.8 Å². The summed E-state index contributed by atoms with van der Waals surface area (Å²) < 4.78 is 30.2. The van der Waals surface area contributed by atoms with E-state index in [1.807, 2.05) is 38.1 Å². The van der Waals surface area contributed by atoms with Gasteiger partial charge in [-0.1, -0.05) is 48.1 Å². The monoisotopic (exact) mass is 538 g/mol. The molecule has 0 unspecified atom stereocenters. The van der Waals surface area contributed by atoms with Crippen LogP contribution in [0.15, 0.2) is 54.7 Å². The number of ether oxygens (including phenoxy) is 3. The quantitative estimate of drug-likeness (QED) is 0.294. The van der Waals surface area contributed by atoms with Gasteiger partial charge in [-0.3, -0.25) is 4.79 Å². The molecule has 0 radical (unpaired) electrons. The van der Waals surface area contributed by atoms with E-state index < -0.39 is 24.1 Å². The van der Waals surface area contributed by atoms with E-state index in [4.69, 9.17) is 26.4 Å². The summed E-state index contributed by atoms with van der Waals surface area (Å²) in [7, 11) is 1.43. The number of benzene rings is 2. The van der Waals surface area contributed by atoms with E-state index in [2.05, 4.69) is 10.3 Å². The minimum absolute atomic E-state index is 0.0557. The fourth-order valence-electron chi connectivity index (χ4n) is 4.14. The van der Waals surface area contributed by atoms with Crippen LogP contribution in [0.3, 0.4) is 0 Å². The predicted octanol–water partition coefficient (Wildman–Crippen LogP) is 5.19. The van der Waals surface area contributed by atoms with E-state index in [1.54, 1.807) is 19.9 Å². The van der Waals surface area contributed by atoms with Crippen molar-refractivity contribution in [2.24, 2.45) is 0 Å². The molecule has 0 saturated carbocycles. The largest absolute Gasteiger partial charge is 0.493 e. The summed E-state index contributed by atoms with van der Waals surface area (Å²) in [5.41, 5.74) is 3.81. The second kappa shape index (κ2) is 12.6. The summed E-state index contributed by atoms with van der Waals surface area (Å²) >= 11 is 5.46. The number of halogens is 1. The number of thiocarbonyl (C=S) groups is 1. The van der Waals surface area contributed by atoms with Gasteiger partial charge >= 0.3 is 11.9 Å². The van der Waals surface area contributed by atoms with Crippen molar-refractivity contribution in [3.63, 3.8) is 0 Å². The lowest BCUT2D eigenvalue weighted by Gasteiger charge is -2.28. The molecule has 0 bridgehead atoms. The number of nitrogens with one attached hydrogen (secondary N) is 1. The Balaban J connectivity index is 1.82. The van der Waals surface area contributed by atoms with Crippen molar-refractivity contribution in [3.05, 3.63) is 88.5 Å². The number of methoxy groups -OCH3 is 1. The Bertz CT molecular complexity index is 1330. The lowest BCUT2D eigenvalue weighted by atomic mass is 9.84. The lowest BCUT2D eigenvalue weighted by molar-refractivity contribution is -0.150. The van der Waals surface area contributed by atoms with Crippen LogP contribution in [0.1, 0.15) is 54.6 Å². The van der Waals surface area contributed by atoms with E-state index in [0.717, 1.165) is 22.3 Å². The van der Waals surface area contributed by atoms with Gasteiger partial charge in [0.05, 0.1) is 7.11 Å². The minimum atomic E-state index is -0.851. The molecule has 0 saturated heterocycles. The topological polar surface area (TPSA) is 86.8 Å². The second-order valence-corrected chi connectivity index (χ2v) is 9.42. The molecule has 2 aromatic carbocycles. The molecule has 3 aromatic rings. The smallest absolute Gasteiger partial charge is 0.328 e. The molecule has 0 aliphatic heterocycles. The molecule has 0 spiro atoms. The molecule has 200 valence electrons. The number of hydrogen-bond donors (Lipinski definition) is 1. The number of aryl methyl sites for hydroxylation is 2. The van der Waals surface area contributed by atoms with Crippen LogP contribution >= 0.6 is 12.2 Å². The molecule has 0 aliphatic carbocycles. The number of hydrogen-bond acceptors (Lipinski definition) is 7. The maximum Gasteiger partial charge on any atom is 0.328 e. The fourth-order valence-corrected chi connectivity index (χ4v) is 4.46. The van der Waals surface area contributed by atoms with E-state index in [-0.39, 0.29) is 33.9 Å². The van der Waals surface area contributed by atoms with Crippen LogP contribution in [0.2, 0.25) is 0 Å². The average molecular weight is 539 g/mol. The van der Waals surface area contributed by atoms with Crippen LogP contribution in [-0.2, 0) is 14.3 Å². The van der Waals surface area contributed by atoms with Crippen molar-refractivity contribution in [1.29, 1.82) is 0 Å². The molecule has 7 nitrogen and oxygen atoms in total. The Hall–Kier alpha value is -3.85. The first-order chi connectivity index (χ1) is 18.0. The molecule has 3 rings (SSSR count). The minimum Gasteiger partial charge on any atom is -0.493 e. The zero-order valence-corrected chi connectivity index (χ0v) is 23.0. The van der Waals surface area contributed by atoms with Crippen molar-refractivity contribution in [2.75, 3.05) is 7.11 Å². The van der Waals surface area contributed by atoms with E-state index in [0.29, 0.717) is 0 Å².